The van der Waals surface area contributed by atoms with Crippen molar-refractivity contribution in [1.82, 2.24) is 31.9 Å². The Hall–Kier alpha value is -9.71. The fourth-order valence-electron chi connectivity index (χ4n) is 15.9. The fraction of sp³-hybridized carbons (Fsp3) is 0.387. The summed E-state index contributed by atoms with van der Waals surface area (Å²) in [5.41, 5.74) is -0.915. The Morgan fingerprint density at radius 1 is 0.239 bits per heavy atom. The summed E-state index contributed by atoms with van der Waals surface area (Å²) in [6, 6.07) is 21.5. The van der Waals surface area contributed by atoms with E-state index in [1.54, 1.807) is 0 Å². The number of nitrogens with one attached hydrogen (secondary N) is 6. The van der Waals surface area contributed by atoms with Crippen molar-refractivity contribution in [2.45, 2.75) is 192 Å². The van der Waals surface area contributed by atoms with Crippen LogP contribution < -0.4 is 46.1 Å². The molecule has 6 N–H and O–H groups in total. The van der Waals surface area contributed by atoms with Crippen molar-refractivity contribution in [1.29, 1.82) is 0 Å². The summed E-state index contributed by atoms with van der Waals surface area (Å²) in [5.74, 6) is -7.02. The molecule has 6 aliphatic rings. The molecule has 6 aliphatic carbocycles. The van der Waals surface area contributed by atoms with Gasteiger partial charge >= 0.3 is 17.9 Å². The van der Waals surface area contributed by atoms with Crippen LogP contribution in [0.5, 0.6) is 17.2 Å². The molecule has 117 heavy (non-hydrogen) atoms. The molecule has 6 amide bonds. The lowest BCUT2D eigenvalue weighted by Gasteiger charge is -2.24. The Labute approximate surface area is 698 Å². The van der Waals surface area contributed by atoms with Crippen LogP contribution in [0, 0.1) is 0 Å². The summed E-state index contributed by atoms with van der Waals surface area (Å²) < 4.78 is 18.4. The molecule has 0 fully saturated rings. The third-order valence-corrected chi connectivity index (χ3v) is 46.3. The van der Waals surface area contributed by atoms with Gasteiger partial charge in [-0.1, -0.05) is 255 Å². The number of benzene rings is 4. The normalized spacial score (nSPS) is 15.0. The summed E-state index contributed by atoms with van der Waals surface area (Å²) in [6.07, 6.45) is 48.4. The minimum Gasteiger partial charge on any atom is -0.423 e. The van der Waals surface area contributed by atoms with Crippen molar-refractivity contribution in [3.8, 4) is 17.2 Å². The second-order valence-corrected chi connectivity index (χ2v) is 65.1. The van der Waals surface area contributed by atoms with Crippen molar-refractivity contribution < 1.29 is 57.4 Å². The Morgan fingerprint density at radius 2 is 0.393 bits per heavy atom. The molecule has 10 rings (SSSR count). The molecule has 24 heteroatoms. The summed E-state index contributed by atoms with van der Waals surface area (Å²) in [6.45, 7) is 29.9. The summed E-state index contributed by atoms with van der Waals surface area (Å²) in [5, 5.41) is 26.8. The number of esters is 3. The Kier molecular flexibility index (Phi) is 31.1. The lowest BCUT2D eigenvalue weighted by Crippen LogP contribution is -2.32. The molecule has 0 spiro atoms. The van der Waals surface area contributed by atoms with E-state index >= 15 is 14.4 Å². The number of hydrogen-bond donors (Lipinski definition) is 6. The first-order valence-corrected chi connectivity index (χ1v) is 61.0. The first kappa shape index (κ1) is 89.6. The Morgan fingerprint density at radius 3 is 0.538 bits per heavy atom. The molecule has 0 saturated heterocycles. The van der Waals surface area contributed by atoms with Gasteiger partial charge in [0, 0.05) is 72.6 Å². The van der Waals surface area contributed by atoms with Gasteiger partial charge in [0.2, 0.25) is 0 Å². The van der Waals surface area contributed by atoms with Crippen LogP contribution in [0.1, 0.15) is 170 Å². The van der Waals surface area contributed by atoms with Crippen molar-refractivity contribution in [3.05, 3.63) is 263 Å². The molecule has 0 saturated carbocycles. The summed E-state index contributed by atoms with van der Waals surface area (Å²) in [4.78, 5) is 131. The second-order valence-electron chi connectivity index (χ2n) is 35.6. The van der Waals surface area contributed by atoms with Gasteiger partial charge in [-0.15, -0.1) is 0 Å². The molecule has 0 radical (unpaired) electrons. The van der Waals surface area contributed by atoms with E-state index in [4.69, 9.17) is 14.2 Å². The van der Waals surface area contributed by atoms with E-state index in [0.717, 1.165) is 93.0 Å². The van der Waals surface area contributed by atoms with Crippen LogP contribution in [0.15, 0.2) is 213 Å². The second kappa shape index (κ2) is 40.6. The van der Waals surface area contributed by atoms with Gasteiger partial charge in [-0.05, 0) is 150 Å². The minimum atomic E-state index is -1.77. The zero-order chi connectivity index (χ0) is 84.1. The smallest absolute Gasteiger partial charge is 0.343 e. The molecular formula is C93H120N6O12Si6. The molecule has 0 aromatic heterocycles. The molecule has 18 nitrogen and oxygen atoms in total. The SMILES string of the molecule is C[Si](C)(CCCNC(=O)c1cc(OC(=O)c2cc(C(=O)Oc3cc(C(=O)NCCC[Si](C)(C)C4=CC=CC4)cc(C(=O)NCCC[Si](C)(C)C4=CC=CC4)c3)cc(C(=O)Oc3cc(C(=O)NCCC[Si](C)(C)C4=CC=CC4)cc(C(=O)NCCC[Si](C)(C)C4=CC=CC4)c3)c2)cc(C(=O)NCCC[Si](C)(C)C2=CC=CC2)c1)C1=CC=CC1. The van der Waals surface area contributed by atoms with E-state index in [2.05, 4.69) is 220 Å². The Balaban J connectivity index is 0.966. The topological polar surface area (TPSA) is 253 Å². The molecule has 4 aromatic carbocycles. The van der Waals surface area contributed by atoms with Gasteiger partial charge in [0.05, 0.1) is 65.1 Å². The number of hydrogen-bond acceptors (Lipinski definition) is 12. The summed E-state index contributed by atoms with van der Waals surface area (Å²) >= 11 is 0. The highest BCUT2D eigenvalue weighted by molar-refractivity contribution is 6.86. The summed E-state index contributed by atoms with van der Waals surface area (Å²) in [7, 11) is -10.6. The van der Waals surface area contributed by atoms with Gasteiger partial charge in [-0.25, -0.2) is 14.4 Å². The van der Waals surface area contributed by atoms with Crippen LogP contribution in [0.2, 0.25) is 115 Å². The molecule has 0 bridgehead atoms. The van der Waals surface area contributed by atoms with E-state index in [-0.39, 0.29) is 67.3 Å². The van der Waals surface area contributed by atoms with E-state index < -0.39 is 102 Å². The van der Waals surface area contributed by atoms with Crippen LogP contribution >= 0.6 is 0 Å². The van der Waals surface area contributed by atoms with Crippen LogP contribution in [0.3, 0.4) is 0 Å². The van der Waals surface area contributed by atoms with Crippen molar-refractivity contribution in [2.24, 2.45) is 0 Å². The van der Waals surface area contributed by atoms with Gasteiger partial charge in [-0.3, -0.25) is 28.8 Å². The van der Waals surface area contributed by atoms with Gasteiger partial charge in [-0.2, -0.15) is 0 Å². The van der Waals surface area contributed by atoms with Crippen LogP contribution in [-0.2, 0) is 0 Å². The largest absolute Gasteiger partial charge is 0.423 e. The number of amides is 6. The Bertz CT molecular complexity index is 4140. The lowest BCUT2D eigenvalue weighted by molar-refractivity contribution is 0.0725. The molecule has 0 heterocycles. The average Bonchev–Trinajstić information content (AvgIpc) is 1.58. The van der Waals surface area contributed by atoms with Crippen molar-refractivity contribution in [2.75, 3.05) is 39.3 Å². The monoisotopic (exact) mass is 1680 g/mol. The van der Waals surface area contributed by atoms with Gasteiger partial charge < -0.3 is 46.1 Å². The molecule has 0 unspecified atom stereocenters. The highest BCUT2D eigenvalue weighted by Gasteiger charge is 2.33. The minimum absolute atomic E-state index is 0.0377. The van der Waals surface area contributed by atoms with Crippen molar-refractivity contribution >= 4 is 102 Å². The number of rotatable bonds is 42. The standard InChI is InChI=1S/C93H120N6O12Si6/c1-112(2,79-31-13-14-32-79)49-25-43-94-85(100)67-55-68(86(101)95-44-26-50-113(3,4)80-33-15-16-34-80)62-76(61-67)109-91(106)73-58-74(92(107)110-77-63-69(87(102)96-45-27-51-114(5,6)81-35-17-18-36-81)56-70(64-77)88(103)97-46-28-52-115(7,8)82-37-19-20-38-82)60-75(59-73)93(108)111-78-65-71(89(104)98-47-29-53-116(9,10)83-39-21-22-40-83)57-72(66-78)90(105)99-48-30-54-117(11,12)84-41-23-24-42-84/h13-24,31,33,35,37,39,41,55-66H,25-30,32,34,36,38,40,42-54H2,1-12H3,(H,94,100)(H,95,101)(H,96,102)(H,97,103)(H,98,104)(H,99,105). The average molecular weight is 1680 g/mol. The number of carbonyl (C=O) groups excluding carboxylic acids is 9. The van der Waals surface area contributed by atoms with Crippen molar-refractivity contribution in [3.63, 3.8) is 0 Å². The number of carbonyl (C=O) groups is 9. The first-order valence-electron chi connectivity index (χ1n) is 41.8. The molecule has 4 aromatic rings. The predicted octanol–water partition coefficient (Wildman–Crippen LogP) is 18.9. The third kappa shape index (κ3) is 25.7. The maximum atomic E-state index is 15.1. The first-order chi connectivity index (χ1) is 55.6. The molecular weight excluding hydrogens is 1560 g/mol. The highest BCUT2D eigenvalue weighted by atomic mass is 28.3. The van der Waals surface area contributed by atoms with E-state index in [1.165, 1.54) is 85.8 Å². The maximum Gasteiger partial charge on any atom is 0.343 e. The molecule has 618 valence electrons. The van der Waals surface area contributed by atoms with Crippen LogP contribution in [-0.4, -0.2) is 141 Å². The van der Waals surface area contributed by atoms with Gasteiger partial charge in [0.25, 0.3) is 35.4 Å². The van der Waals surface area contributed by atoms with E-state index in [0.29, 0.717) is 77.8 Å². The quantitative estimate of drug-likeness (QED) is 0.0105. The van der Waals surface area contributed by atoms with E-state index in [9.17, 15) is 28.8 Å². The highest BCUT2D eigenvalue weighted by Crippen LogP contribution is 2.35. The van der Waals surface area contributed by atoms with Crippen LogP contribution in [0.4, 0.5) is 0 Å². The number of allylic oxidation sites excluding steroid dienone is 24. The van der Waals surface area contributed by atoms with E-state index in [1.807, 2.05) is 0 Å². The van der Waals surface area contributed by atoms with Gasteiger partial charge in [0.15, 0.2) is 0 Å². The third-order valence-electron chi connectivity index (χ3n) is 24.0. The lowest BCUT2D eigenvalue weighted by atomic mass is 10.0. The zero-order valence-electron chi connectivity index (χ0n) is 70.7. The van der Waals surface area contributed by atoms with Gasteiger partial charge in [0.1, 0.15) is 17.2 Å². The maximum absolute atomic E-state index is 15.1. The fourth-order valence-corrected chi connectivity index (χ4v) is 31.5. The predicted molar refractivity (Wildman–Crippen MR) is 487 cm³/mol. The molecule has 0 aliphatic heterocycles. The van der Waals surface area contributed by atoms with Crippen LogP contribution in [0.25, 0.3) is 0 Å². The zero-order valence-corrected chi connectivity index (χ0v) is 76.7. The molecule has 0 atom stereocenters. The number of ether oxygens (including phenoxy) is 3.